The van der Waals surface area contributed by atoms with Gasteiger partial charge in [0, 0.05) is 19.2 Å². The van der Waals surface area contributed by atoms with E-state index < -0.39 is 0 Å². The molecular formula is C16H24N2O2. The van der Waals surface area contributed by atoms with Gasteiger partial charge in [0.15, 0.2) is 0 Å². The Hall–Kier alpha value is -1.84. The molecule has 0 unspecified atom stereocenters. The van der Waals surface area contributed by atoms with Gasteiger partial charge in [0.1, 0.15) is 0 Å². The van der Waals surface area contributed by atoms with Crippen LogP contribution in [0.3, 0.4) is 0 Å². The molecule has 1 N–H and O–H groups in total. The number of carbonyl (C=O) groups is 2. The van der Waals surface area contributed by atoms with E-state index in [9.17, 15) is 9.59 Å². The highest BCUT2D eigenvalue weighted by atomic mass is 16.2. The number of para-hydroxylation sites is 1. The van der Waals surface area contributed by atoms with E-state index in [0.29, 0.717) is 12.3 Å². The second-order valence-corrected chi connectivity index (χ2v) is 5.41. The Morgan fingerprint density at radius 3 is 2.50 bits per heavy atom. The van der Waals surface area contributed by atoms with Crippen molar-refractivity contribution >= 4 is 17.5 Å². The molecule has 0 aliphatic rings. The predicted octanol–water partition coefficient (Wildman–Crippen LogP) is 2.69. The van der Waals surface area contributed by atoms with Crippen molar-refractivity contribution in [3.05, 3.63) is 29.8 Å². The number of nitrogens with zero attached hydrogens (tertiary/aromatic N) is 1. The van der Waals surface area contributed by atoms with Crippen LogP contribution in [-0.4, -0.2) is 30.3 Å². The highest BCUT2D eigenvalue weighted by molar-refractivity contribution is 5.95. The number of hydrogen-bond donors (Lipinski definition) is 1. The Labute approximate surface area is 121 Å². The molecule has 0 aliphatic carbocycles. The maximum atomic E-state index is 12.0. The molecule has 0 atom stereocenters. The summed E-state index contributed by atoms with van der Waals surface area (Å²) in [6, 6.07) is 7.71. The maximum Gasteiger partial charge on any atom is 0.243 e. The third kappa shape index (κ3) is 5.03. The lowest BCUT2D eigenvalue weighted by atomic mass is 10.1. The van der Waals surface area contributed by atoms with Gasteiger partial charge in [0.25, 0.3) is 0 Å². The molecule has 4 heteroatoms. The van der Waals surface area contributed by atoms with E-state index in [1.165, 1.54) is 4.90 Å². The van der Waals surface area contributed by atoms with E-state index in [2.05, 4.69) is 5.32 Å². The Kier molecular flexibility index (Phi) is 6.22. The quantitative estimate of drug-likeness (QED) is 0.868. The molecule has 20 heavy (non-hydrogen) atoms. The number of hydrogen-bond acceptors (Lipinski definition) is 2. The molecule has 0 bridgehead atoms. The fraction of sp³-hybridized carbons (Fsp3) is 0.500. The van der Waals surface area contributed by atoms with Crippen molar-refractivity contribution in [2.24, 2.45) is 5.92 Å². The van der Waals surface area contributed by atoms with Gasteiger partial charge in [-0.25, -0.2) is 0 Å². The van der Waals surface area contributed by atoms with Crippen molar-refractivity contribution in [3.63, 3.8) is 0 Å². The molecule has 1 aromatic carbocycles. The van der Waals surface area contributed by atoms with Gasteiger partial charge in [-0.3, -0.25) is 9.59 Å². The summed E-state index contributed by atoms with van der Waals surface area (Å²) in [5.74, 6) is 0.137. The summed E-state index contributed by atoms with van der Waals surface area (Å²) in [6.07, 6.45) is 1.33. The molecule has 0 spiro atoms. The largest absolute Gasteiger partial charge is 0.336 e. The number of aryl methyl sites for hydroxylation is 1. The molecule has 0 heterocycles. The number of anilines is 1. The number of amides is 2. The first-order chi connectivity index (χ1) is 9.43. The Morgan fingerprint density at radius 2 is 1.90 bits per heavy atom. The van der Waals surface area contributed by atoms with E-state index in [1.54, 1.807) is 7.05 Å². The van der Waals surface area contributed by atoms with Crippen molar-refractivity contribution < 1.29 is 9.59 Å². The van der Waals surface area contributed by atoms with Gasteiger partial charge in [-0.1, -0.05) is 39.0 Å². The number of benzene rings is 1. The van der Waals surface area contributed by atoms with E-state index in [0.717, 1.165) is 17.7 Å². The van der Waals surface area contributed by atoms with Crippen LogP contribution in [-0.2, 0) is 16.0 Å². The van der Waals surface area contributed by atoms with Gasteiger partial charge in [-0.15, -0.1) is 0 Å². The first-order valence-corrected chi connectivity index (χ1v) is 7.05. The van der Waals surface area contributed by atoms with Crippen molar-refractivity contribution in [1.82, 2.24) is 4.90 Å². The van der Waals surface area contributed by atoms with Crippen LogP contribution < -0.4 is 5.32 Å². The molecule has 0 fully saturated rings. The minimum atomic E-state index is -0.162. The molecule has 0 aromatic heterocycles. The highest BCUT2D eigenvalue weighted by Gasteiger charge is 2.14. The van der Waals surface area contributed by atoms with Crippen LogP contribution in [0.1, 0.15) is 32.8 Å². The highest BCUT2D eigenvalue weighted by Crippen LogP contribution is 2.15. The van der Waals surface area contributed by atoms with Crippen LogP contribution in [0.4, 0.5) is 5.69 Å². The molecule has 4 nitrogen and oxygen atoms in total. The van der Waals surface area contributed by atoms with Crippen LogP contribution in [0.5, 0.6) is 0 Å². The zero-order valence-corrected chi connectivity index (χ0v) is 12.8. The van der Waals surface area contributed by atoms with Crippen molar-refractivity contribution in [1.29, 1.82) is 0 Å². The van der Waals surface area contributed by atoms with Crippen LogP contribution in [0, 0.1) is 5.92 Å². The van der Waals surface area contributed by atoms with Gasteiger partial charge < -0.3 is 10.2 Å². The molecule has 0 radical (unpaired) electrons. The van der Waals surface area contributed by atoms with Crippen LogP contribution in [0.15, 0.2) is 24.3 Å². The smallest absolute Gasteiger partial charge is 0.243 e. The SMILES string of the molecule is CCc1ccccc1NC(=O)CN(C)C(=O)CC(C)C. The second-order valence-electron chi connectivity index (χ2n) is 5.41. The van der Waals surface area contributed by atoms with Crippen LogP contribution in [0.2, 0.25) is 0 Å². The molecule has 1 rings (SSSR count). The average molecular weight is 276 g/mol. The van der Waals surface area contributed by atoms with E-state index in [-0.39, 0.29) is 18.4 Å². The standard InChI is InChI=1S/C16H24N2O2/c1-5-13-8-6-7-9-14(13)17-15(19)11-18(4)16(20)10-12(2)3/h6-9,12H,5,10-11H2,1-4H3,(H,17,19). The van der Waals surface area contributed by atoms with Crippen LogP contribution >= 0.6 is 0 Å². The molecular weight excluding hydrogens is 252 g/mol. The van der Waals surface area contributed by atoms with Crippen molar-refractivity contribution in [2.75, 3.05) is 18.9 Å². The summed E-state index contributed by atoms with van der Waals surface area (Å²) >= 11 is 0. The molecule has 0 aliphatic heterocycles. The second kappa shape index (κ2) is 7.68. The molecule has 110 valence electrons. The average Bonchev–Trinajstić information content (AvgIpc) is 2.38. The predicted molar refractivity (Wildman–Crippen MR) is 81.5 cm³/mol. The minimum Gasteiger partial charge on any atom is -0.336 e. The normalized spacial score (nSPS) is 10.4. The molecule has 1 aromatic rings. The van der Waals surface area contributed by atoms with E-state index in [4.69, 9.17) is 0 Å². The van der Waals surface area contributed by atoms with E-state index >= 15 is 0 Å². The lowest BCUT2D eigenvalue weighted by Crippen LogP contribution is -2.35. The number of carbonyl (C=O) groups excluding carboxylic acids is 2. The minimum absolute atomic E-state index is 0.000994. The first-order valence-electron chi connectivity index (χ1n) is 7.05. The lowest BCUT2D eigenvalue weighted by Gasteiger charge is -2.18. The molecule has 0 saturated carbocycles. The summed E-state index contributed by atoms with van der Waals surface area (Å²) in [4.78, 5) is 25.3. The number of rotatable bonds is 6. The summed E-state index contributed by atoms with van der Waals surface area (Å²) < 4.78 is 0. The topological polar surface area (TPSA) is 49.4 Å². The number of nitrogens with one attached hydrogen (secondary N) is 1. The third-order valence-corrected chi connectivity index (χ3v) is 3.06. The van der Waals surface area contributed by atoms with E-state index in [1.807, 2.05) is 45.0 Å². The Bertz CT molecular complexity index is 469. The monoisotopic (exact) mass is 276 g/mol. The third-order valence-electron chi connectivity index (χ3n) is 3.06. The summed E-state index contributed by atoms with van der Waals surface area (Å²) in [5.41, 5.74) is 1.92. The Morgan fingerprint density at radius 1 is 1.25 bits per heavy atom. The zero-order valence-electron chi connectivity index (χ0n) is 12.8. The van der Waals surface area contributed by atoms with Gasteiger partial charge in [-0.2, -0.15) is 0 Å². The summed E-state index contributed by atoms with van der Waals surface area (Å²) in [7, 11) is 1.66. The first kappa shape index (κ1) is 16.2. The Balaban J connectivity index is 2.57. The van der Waals surface area contributed by atoms with Crippen LogP contribution in [0.25, 0.3) is 0 Å². The fourth-order valence-corrected chi connectivity index (χ4v) is 1.95. The van der Waals surface area contributed by atoms with Crippen molar-refractivity contribution in [3.8, 4) is 0 Å². The van der Waals surface area contributed by atoms with Gasteiger partial charge in [0.2, 0.25) is 11.8 Å². The molecule has 0 saturated heterocycles. The van der Waals surface area contributed by atoms with Crippen molar-refractivity contribution in [2.45, 2.75) is 33.6 Å². The lowest BCUT2D eigenvalue weighted by molar-refractivity contribution is -0.133. The van der Waals surface area contributed by atoms with Gasteiger partial charge in [-0.05, 0) is 24.0 Å². The van der Waals surface area contributed by atoms with Gasteiger partial charge >= 0.3 is 0 Å². The number of likely N-dealkylation sites (N-methyl/N-ethyl adjacent to an activating group) is 1. The summed E-state index contributed by atoms with van der Waals surface area (Å²) in [5, 5.41) is 2.87. The maximum absolute atomic E-state index is 12.0. The molecule has 2 amide bonds. The fourth-order valence-electron chi connectivity index (χ4n) is 1.95. The van der Waals surface area contributed by atoms with Gasteiger partial charge in [0.05, 0.1) is 6.54 Å². The summed E-state index contributed by atoms with van der Waals surface area (Å²) in [6.45, 7) is 6.11. The zero-order chi connectivity index (χ0) is 15.1.